The molecule has 0 aliphatic carbocycles. The minimum Gasteiger partial charge on any atom is -0.467 e. The van der Waals surface area contributed by atoms with E-state index < -0.39 is 23.4 Å². The van der Waals surface area contributed by atoms with Gasteiger partial charge in [0.1, 0.15) is 5.54 Å². The van der Waals surface area contributed by atoms with Crippen LogP contribution in [0.3, 0.4) is 0 Å². The molecule has 0 saturated carbocycles. The van der Waals surface area contributed by atoms with Crippen LogP contribution >= 0.6 is 0 Å². The van der Waals surface area contributed by atoms with E-state index in [1.165, 1.54) is 21.0 Å². The molecule has 0 saturated heterocycles. The van der Waals surface area contributed by atoms with Crippen molar-refractivity contribution in [3.63, 3.8) is 0 Å². The fourth-order valence-corrected chi connectivity index (χ4v) is 0.734. The summed E-state index contributed by atoms with van der Waals surface area (Å²) in [7, 11) is 2.27. The van der Waals surface area contributed by atoms with Gasteiger partial charge >= 0.3 is 17.8 Å². The molecule has 0 aromatic carbocycles. The Hall–Kier alpha value is -1.59. The summed E-state index contributed by atoms with van der Waals surface area (Å²) in [4.78, 5) is 32.8. The summed E-state index contributed by atoms with van der Waals surface area (Å²) in [5.41, 5.74) is -1.25. The van der Waals surface area contributed by atoms with Crippen molar-refractivity contribution in [2.24, 2.45) is 0 Å². The van der Waals surface area contributed by atoms with Gasteiger partial charge in [0.05, 0.1) is 14.2 Å². The van der Waals surface area contributed by atoms with Gasteiger partial charge in [-0.05, 0) is 13.8 Å². The molecule has 0 atom stereocenters. The average molecular weight is 203 g/mol. The molecule has 1 N–H and O–H groups in total. The largest absolute Gasteiger partial charge is 0.467 e. The summed E-state index contributed by atoms with van der Waals surface area (Å²) in [5, 5.41) is 2.17. The van der Waals surface area contributed by atoms with Crippen LogP contribution < -0.4 is 5.32 Å². The number of rotatable bonds is 2. The van der Waals surface area contributed by atoms with Crippen LogP contribution in [-0.4, -0.2) is 37.6 Å². The number of methoxy groups -OCH3 is 2. The van der Waals surface area contributed by atoms with Crippen LogP contribution in [0, 0.1) is 0 Å². The molecule has 0 aromatic heterocycles. The molecule has 6 nitrogen and oxygen atoms in total. The highest BCUT2D eigenvalue weighted by molar-refractivity contribution is 6.33. The zero-order chi connectivity index (χ0) is 11.4. The highest BCUT2D eigenvalue weighted by Crippen LogP contribution is 2.04. The molecule has 0 radical (unpaired) electrons. The van der Waals surface area contributed by atoms with Crippen molar-refractivity contribution >= 4 is 17.8 Å². The first kappa shape index (κ1) is 12.4. The maximum atomic E-state index is 11.1. The quantitative estimate of drug-likeness (QED) is 0.470. The second-order valence-electron chi connectivity index (χ2n) is 3.06. The molecule has 14 heavy (non-hydrogen) atoms. The van der Waals surface area contributed by atoms with Crippen LogP contribution in [0.1, 0.15) is 13.8 Å². The molecule has 80 valence electrons. The Morgan fingerprint density at radius 3 is 1.93 bits per heavy atom. The smallest absolute Gasteiger partial charge is 0.396 e. The number of carbonyl (C=O) groups is 3. The summed E-state index contributed by atoms with van der Waals surface area (Å²) in [6.07, 6.45) is 0. The first-order chi connectivity index (χ1) is 6.35. The predicted molar refractivity (Wildman–Crippen MR) is 46.3 cm³/mol. The third kappa shape index (κ3) is 3.04. The minimum absolute atomic E-state index is 0.644. The first-order valence-corrected chi connectivity index (χ1v) is 3.84. The minimum atomic E-state index is -1.25. The fraction of sp³-hybridized carbons (Fsp3) is 0.625. The Morgan fingerprint density at radius 2 is 1.57 bits per heavy atom. The molecule has 0 fully saturated rings. The van der Waals surface area contributed by atoms with Crippen LogP contribution in [0.15, 0.2) is 0 Å². The van der Waals surface area contributed by atoms with Gasteiger partial charge in [0.2, 0.25) is 0 Å². The molecule has 0 unspecified atom stereocenters. The van der Waals surface area contributed by atoms with Gasteiger partial charge in [0.15, 0.2) is 0 Å². The SMILES string of the molecule is COC(=O)C(=O)NC(C)(C)C(=O)OC. The van der Waals surface area contributed by atoms with E-state index in [9.17, 15) is 14.4 Å². The Kier molecular flexibility index (Phi) is 4.07. The van der Waals surface area contributed by atoms with Crippen LogP contribution in [0.25, 0.3) is 0 Å². The Labute approximate surface area is 81.6 Å². The van der Waals surface area contributed by atoms with Gasteiger partial charge in [0, 0.05) is 0 Å². The van der Waals surface area contributed by atoms with Crippen molar-refractivity contribution in [3.05, 3.63) is 0 Å². The summed E-state index contributed by atoms with van der Waals surface area (Å²) >= 11 is 0. The van der Waals surface area contributed by atoms with Gasteiger partial charge in [-0.1, -0.05) is 0 Å². The molecule has 0 aliphatic heterocycles. The van der Waals surface area contributed by atoms with Gasteiger partial charge < -0.3 is 14.8 Å². The number of esters is 2. The molecular formula is C8H13NO5. The predicted octanol–water partition coefficient (Wildman–Crippen LogP) is -0.773. The lowest BCUT2D eigenvalue weighted by Crippen LogP contribution is -2.52. The van der Waals surface area contributed by atoms with Crippen LogP contribution in [0.5, 0.6) is 0 Å². The van der Waals surface area contributed by atoms with Crippen LogP contribution in [0.2, 0.25) is 0 Å². The standard InChI is InChI=1S/C8H13NO5/c1-8(2,7(12)14-4)9-5(10)6(11)13-3/h1-4H3,(H,9,10). The number of hydrogen-bond donors (Lipinski definition) is 1. The van der Waals surface area contributed by atoms with Crippen molar-refractivity contribution in [3.8, 4) is 0 Å². The normalized spacial score (nSPS) is 10.3. The molecule has 0 bridgehead atoms. The Balaban J connectivity index is 4.44. The maximum Gasteiger partial charge on any atom is 0.396 e. The molecule has 0 spiro atoms. The van der Waals surface area contributed by atoms with Crippen molar-refractivity contribution in [2.45, 2.75) is 19.4 Å². The van der Waals surface area contributed by atoms with E-state index in [4.69, 9.17) is 0 Å². The Bertz CT molecular complexity index is 258. The van der Waals surface area contributed by atoms with Crippen LogP contribution in [0.4, 0.5) is 0 Å². The molecule has 0 aliphatic rings. The third-order valence-corrected chi connectivity index (χ3v) is 1.49. The summed E-state index contributed by atoms with van der Waals surface area (Å²) in [6.45, 7) is 2.83. The van der Waals surface area contributed by atoms with Gasteiger partial charge in [-0.2, -0.15) is 0 Å². The molecule has 6 heteroatoms. The number of ether oxygens (including phenoxy) is 2. The van der Waals surface area contributed by atoms with E-state index in [1.54, 1.807) is 0 Å². The lowest BCUT2D eigenvalue weighted by molar-refractivity contribution is -0.156. The molecular weight excluding hydrogens is 190 g/mol. The average Bonchev–Trinajstić information content (AvgIpc) is 2.14. The van der Waals surface area contributed by atoms with Gasteiger partial charge in [-0.25, -0.2) is 9.59 Å². The zero-order valence-electron chi connectivity index (χ0n) is 8.54. The molecule has 0 rings (SSSR count). The summed E-state index contributed by atoms with van der Waals surface area (Å²) in [6, 6.07) is 0. The van der Waals surface area contributed by atoms with E-state index in [0.717, 1.165) is 7.11 Å². The van der Waals surface area contributed by atoms with Crippen molar-refractivity contribution < 1.29 is 23.9 Å². The summed E-state index contributed by atoms with van der Waals surface area (Å²) < 4.78 is 8.59. The van der Waals surface area contributed by atoms with Crippen LogP contribution in [-0.2, 0) is 23.9 Å². The number of carbonyl (C=O) groups excluding carboxylic acids is 3. The number of amides is 1. The van der Waals surface area contributed by atoms with Gasteiger partial charge in [-0.3, -0.25) is 4.79 Å². The van der Waals surface area contributed by atoms with Crippen molar-refractivity contribution in [2.75, 3.05) is 14.2 Å². The van der Waals surface area contributed by atoms with Gasteiger partial charge in [0.25, 0.3) is 0 Å². The number of nitrogens with one attached hydrogen (secondary N) is 1. The summed E-state index contributed by atoms with van der Waals surface area (Å²) in [5.74, 6) is -2.68. The second-order valence-corrected chi connectivity index (χ2v) is 3.06. The van der Waals surface area contributed by atoms with E-state index in [0.29, 0.717) is 0 Å². The highest BCUT2D eigenvalue weighted by Gasteiger charge is 2.32. The lowest BCUT2D eigenvalue weighted by atomic mass is 10.1. The van der Waals surface area contributed by atoms with E-state index in [2.05, 4.69) is 14.8 Å². The Morgan fingerprint density at radius 1 is 1.07 bits per heavy atom. The first-order valence-electron chi connectivity index (χ1n) is 3.84. The molecule has 1 amide bonds. The van der Waals surface area contributed by atoms with Crippen molar-refractivity contribution in [1.29, 1.82) is 0 Å². The highest BCUT2D eigenvalue weighted by atomic mass is 16.5. The zero-order valence-corrected chi connectivity index (χ0v) is 8.54. The third-order valence-electron chi connectivity index (χ3n) is 1.49. The number of hydrogen-bond acceptors (Lipinski definition) is 5. The lowest BCUT2D eigenvalue weighted by Gasteiger charge is -2.21. The second kappa shape index (κ2) is 4.59. The monoisotopic (exact) mass is 203 g/mol. The van der Waals surface area contributed by atoms with Crippen molar-refractivity contribution in [1.82, 2.24) is 5.32 Å². The topological polar surface area (TPSA) is 81.7 Å². The maximum absolute atomic E-state index is 11.1. The molecule has 0 aromatic rings. The molecule has 0 heterocycles. The van der Waals surface area contributed by atoms with E-state index in [-0.39, 0.29) is 0 Å². The van der Waals surface area contributed by atoms with E-state index >= 15 is 0 Å². The van der Waals surface area contributed by atoms with Gasteiger partial charge in [-0.15, -0.1) is 0 Å². The van der Waals surface area contributed by atoms with E-state index in [1.807, 2.05) is 0 Å². The fourth-order valence-electron chi connectivity index (χ4n) is 0.734.